The molecule has 6 rings (SSSR count). The summed E-state index contributed by atoms with van der Waals surface area (Å²) in [6.07, 6.45) is -3.71. The normalized spacial score (nSPS) is 26.7. The Morgan fingerprint density at radius 1 is 0.548 bits per heavy atom. The fourth-order valence-electron chi connectivity index (χ4n) is 5.60. The molecular formula is C34H33N3O5. The van der Waals surface area contributed by atoms with Crippen LogP contribution in [-0.2, 0) is 43.5 Å². The van der Waals surface area contributed by atoms with Crippen LogP contribution in [0.1, 0.15) is 28.5 Å². The van der Waals surface area contributed by atoms with E-state index >= 15 is 0 Å². The monoisotopic (exact) mass is 563 g/mol. The highest BCUT2D eigenvalue weighted by Gasteiger charge is 2.58. The van der Waals surface area contributed by atoms with Crippen molar-refractivity contribution in [3.63, 3.8) is 0 Å². The lowest BCUT2D eigenvalue weighted by Crippen LogP contribution is -2.69. The van der Waals surface area contributed by atoms with Gasteiger partial charge in [-0.25, -0.2) is 0 Å². The fraction of sp³-hybridized carbons (Fsp3) is 0.294. The smallest absolute Gasteiger partial charge is 0.184 e. The van der Waals surface area contributed by atoms with Crippen LogP contribution >= 0.6 is 0 Å². The lowest BCUT2D eigenvalue weighted by molar-refractivity contribution is -0.359. The van der Waals surface area contributed by atoms with Crippen LogP contribution < -0.4 is 0 Å². The van der Waals surface area contributed by atoms with E-state index in [-0.39, 0.29) is 0 Å². The van der Waals surface area contributed by atoms with Gasteiger partial charge in [0, 0.05) is 10.5 Å². The number of benzene rings is 4. The van der Waals surface area contributed by atoms with Crippen molar-refractivity contribution in [2.45, 2.75) is 62.7 Å². The molecule has 0 N–H and O–H groups in total. The average molecular weight is 564 g/mol. The minimum atomic E-state index is -0.717. The Hall–Kier alpha value is -4.01. The molecule has 2 aliphatic rings. The molecule has 1 heterocycles. The Morgan fingerprint density at radius 2 is 0.929 bits per heavy atom. The summed E-state index contributed by atoms with van der Waals surface area (Å²) in [5.41, 5.74) is 13.6. The summed E-state index contributed by atoms with van der Waals surface area (Å²) < 4.78 is 32.9. The van der Waals surface area contributed by atoms with E-state index in [2.05, 4.69) is 10.0 Å². The van der Waals surface area contributed by atoms with Crippen molar-refractivity contribution in [2.24, 2.45) is 5.11 Å². The standard InChI is InChI=1S/C34H33N3O5/c35-37-36-28-29(38-21-24-13-5-1-6-14-24)32-31(40-23-26-17-9-3-10-18-26)33(30(28)39-22-25-15-7-2-8-16-25)42-34(41-32)27-19-11-4-12-20-27/h1-20,28-34H,21-23H2/t28?,29-,30+,31?,32+,33-,34?. The highest BCUT2D eigenvalue weighted by molar-refractivity contribution is 5.20. The first kappa shape index (κ1) is 28.1. The Labute approximate surface area is 245 Å². The molecule has 0 radical (unpaired) electrons. The van der Waals surface area contributed by atoms with Gasteiger partial charge >= 0.3 is 0 Å². The predicted octanol–water partition coefficient (Wildman–Crippen LogP) is 6.92. The molecule has 8 heteroatoms. The number of rotatable bonds is 11. The van der Waals surface area contributed by atoms with E-state index in [1.165, 1.54) is 0 Å². The lowest BCUT2D eigenvalue weighted by atomic mass is 9.81. The third-order valence-corrected chi connectivity index (χ3v) is 7.64. The van der Waals surface area contributed by atoms with Crippen LogP contribution in [0.3, 0.4) is 0 Å². The second-order valence-corrected chi connectivity index (χ2v) is 10.4. The van der Waals surface area contributed by atoms with Crippen LogP contribution in [0.2, 0.25) is 0 Å². The number of hydrogen-bond donors (Lipinski definition) is 0. The van der Waals surface area contributed by atoms with Gasteiger partial charge in [-0.05, 0) is 22.2 Å². The summed E-state index contributed by atoms with van der Waals surface area (Å²) in [5.74, 6) is 0. The fourth-order valence-corrected chi connectivity index (χ4v) is 5.60. The largest absolute Gasteiger partial charge is 0.370 e. The average Bonchev–Trinajstić information content (AvgIpc) is 3.05. The molecule has 2 fully saturated rings. The zero-order valence-corrected chi connectivity index (χ0v) is 23.1. The molecule has 3 unspecified atom stereocenters. The van der Waals surface area contributed by atoms with E-state index in [1.54, 1.807) is 0 Å². The quantitative estimate of drug-likeness (QED) is 0.112. The Morgan fingerprint density at radius 3 is 1.33 bits per heavy atom. The molecule has 0 aromatic heterocycles. The van der Waals surface area contributed by atoms with Gasteiger partial charge in [0.05, 0.1) is 38.1 Å². The zero-order valence-electron chi connectivity index (χ0n) is 23.1. The van der Waals surface area contributed by atoms with Crippen molar-refractivity contribution < 1.29 is 23.7 Å². The van der Waals surface area contributed by atoms with Crippen molar-refractivity contribution in [3.05, 3.63) is 154 Å². The molecule has 214 valence electrons. The number of fused-ring (bicyclic) bond motifs is 2. The molecule has 4 aromatic carbocycles. The van der Waals surface area contributed by atoms with E-state index < -0.39 is 42.9 Å². The van der Waals surface area contributed by atoms with Crippen molar-refractivity contribution in [1.29, 1.82) is 0 Å². The number of nitrogens with zero attached hydrogens (tertiary/aromatic N) is 3. The minimum Gasteiger partial charge on any atom is -0.370 e. The predicted molar refractivity (Wildman–Crippen MR) is 157 cm³/mol. The maximum absolute atomic E-state index is 9.67. The maximum atomic E-state index is 9.67. The Kier molecular flexibility index (Phi) is 9.22. The van der Waals surface area contributed by atoms with Crippen molar-refractivity contribution in [3.8, 4) is 0 Å². The van der Waals surface area contributed by atoms with Gasteiger partial charge in [-0.1, -0.05) is 126 Å². The van der Waals surface area contributed by atoms with Crippen LogP contribution in [0.4, 0.5) is 0 Å². The van der Waals surface area contributed by atoms with Gasteiger partial charge in [-0.2, -0.15) is 0 Å². The van der Waals surface area contributed by atoms with Crippen LogP contribution in [0.25, 0.3) is 10.4 Å². The summed E-state index contributed by atoms with van der Waals surface area (Å²) in [5, 5.41) is 4.22. The highest BCUT2D eigenvalue weighted by Crippen LogP contribution is 2.43. The van der Waals surface area contributed by atoms with Gasteiger partial charge in [-0.15, -0.1) is 0 Å². The van der Waals surface area contributed by atoms with Gasteiger partial charge in [0.1, 0.15) is 18.3 Å². The number of ether oxygens (including phenoxy) is 5. The molecule has 1 saturated carbocycles. The lowest BCUT2D eigenvalue weighted by Gasteiger charge is -2.53. The highest BCUT2D eigenvalue weighted by atomic mass is 16.7. The Bertz CT molecular complexity index is 1380. The van der Waals surface area contributed by atoms with Crippen molar-refractivity contribution in [1.82, 2.24) is 0 Å². The summed E-state index contributed by atoms with van der Waals surface area (Å²) in [4.78, 5) is 3.21. The van der Waals surface area contributed by atoms with Gasteiger partial charge in [0.2, 0.25) is 0 Å². The summed E-state index contributed by atoms with van der Waals surface area (Å²) in [6, 6.07) is 38.8. The Balaban J connectivity index is 1.36. The van der Waals surface area contributed by atoms with Crippen LogP contribution in [-0.4, -0.2) is 36.6 Å². The minimum absolute atomic E-state index is 0.307. The SMILES string of the molecule is [N-]=[N+]=NC1[C@@H](OCc2ccccc2)[C@@H]2OC(c3ccccc3)O[C@@H](C2OCc2ccccc2)[C@H]1OCc1ccccc1. The molecule has 2 bridgehead atoms. The van der Waals surface area contributed by atoms with Crippen LogP contribution in [0.5, 0.6) is 0 Å². The molecule has 4 aromatic rings. The van der Waals surface area contributed by atoms with Crippen LogP contribution in [0, 0.1) is 0 Å². The first-order chi connectivity index (χ1) is 20.8. The first-order valence-electron chi connectivity index (χ1n) is 14.2. The van der Waals surface area contributed by atoms with E-state index in [0.29, 0.717) is 19.8 Å². The van der Waals surface area contributed by atoms with Gasteiger partial charge in [0.25, 0.3) is 0 Å². The van der Waals surface area contributed by atoms with E-state index in [9.17, 15) is 5.53 Å². The molecule has 7 atom stereocenters. The molecule has 1 saturated heterocycles. The van der Waals surface area contributed by atoms with Gasteiger partial charge in [-0.3, -0.25) is 0 Å². The summed E-state index contributed by atoms with van der Waals surface area (Å²) in [7, 11) is 0. The molecule has 1 aliphatic carbocycles. The second kappa shape index (κ2) is 13.8. The van der Waals surface area contributed by atoms with Gasteiger partial charge in [0.15, 0.2) is 6.29 Å². The maximum Gasteiger partial charge on any atom is 0.184 e. The topological polar surface area (TPSA) is 94.9 Å². The number of azide groups is 1. The molecule has 0 amide bonds. The molecular weight excluding hydrogens is 530 g/mol. The van der Waals surface area contributed by atoms with E-state index in [1.807, 2.05) is 121 Å². The van der Waals surface area contributed by atoms with Crippen molar-refractivity contribution >= 4 is 0 Å². The third-order valence-electron chi connectivity index (χ3n) is 7.64. The van der Waals surface area contributed by atoms with E-state index in [4.69, 9.17) is 23.7 Å². The molecule has 1 aliphatic heterocycles. The van der Waals surface area contributed by atoms with E-state index in [0.717, 1.165) is 22.3 Å². The van der Waals surface area contributed by atoms with Gasteiger partial charge < -0.3 is 23.7 Å². The van der Waals surface area contributed by atoms with Crippen molar-refractivity contribution in [2.75, 3.05) is 0 Å². The molecule has 8 nitrogen and oxygen atoms in total. The zero-order chi connectivity index (χ0) is 28.6. The molecule has 0 spiro atoms. The molecule has 42 heavy (non-hydrogen) atoms. The van der Waals surface area contributed by atoms with Crippen LogP contribution in [0.15, 0.2) is 126 Å². The third kappa shape index (κ3) is 6.55. The summed E-state index contributed by atoms with van der Waals surface area (Å²) in [6.45, 7) is 0.965. The summed E-state index contributed by atoms with van der Waals surface area (Å²) >= 11 is 0. The first-order valence-corrected chi connectivity index (χ1v) is 14.2. The second-order valence-electron chi connectivity index (χ2n) is 10.4. The number of hydrogen-bond acceptors (Lipinski definition) is 6.